The van der Waals surface area contributed by atoms with Crippen molar-refractivity contribution in [2.24, 2.45) is 0 Å². The lowest BCUT2D eigenvalue weighted by Crippen LogP contribution is -2.35. The van der Waals surface area contributed by atoms with E-state index in [4.69, 9.17) is 5.11 Å². The molecular formula is C20H20FNO3. The Labute approximate surface area is 145 Å². The zero-order valence-corrected chi connectivity index (χ0v) is 13.7. The molecule has 0 saturated carbocycles. The molecule has 1 aliphatic rings. The second-order valence-electron chi connectivity index (χ2n) is 6.35. The summed E-state index contributed by atoms with van der Waals surface area (Å²) < 4.78 is 13.1. The highest BCUT2D eigenvalue weighted by Gasteiger charge is 2.28. The first-order valence-electron chi connectivity index (χ1n) is 8.40. The number of aryl methyl sites for hydroxylation is 1. The minimum Gasteiger partial charge on any atom is -0.481 e. The summed E-state index contributed by atoms with van der Waals surface area (Å²) >= 11 is 0. The standard InChI is InChI=1S/C20H20FNO3/c21-15-10-8-14(9-11-15)18(12-19(23)24)22-20(25)17-7-3-5-13-4-1-2-6-16(13)17/h1-2,4,6,8-11,17-18H,3,5,7,12H2,(H,22,25)(H,23,24). The van der Waals surface area contributed by atoms with Crippen molar-refractivity contribution in [3.63, 3.8) is 0 Å². The Morgan fingerprint density at radius 3 is 2.60 bits per heavy atom. The van der Waals surface area contributed by atoms with Crippen LogP contribution in [0, 0.1) is 5.82 Å². The normalized spacial score (nSPS) is 17.4. The zero-order valence-electron chi connectivity index (χ0n) is 13.7. The van der Waals surface area contributed by atoms with Crippen LogP contribution in [0.3, 0.4) is 0 Å². The molecule has 0 radical (unpaired) electrons. The molecule has 4 nitrogen and oxygen atoms in total. The Morgan fingerprint density at radius 2 is 1.88 bits per heavy atom. The van der Waals surface area contributed by atoms with Gasteiger partial charge < -0.3 is 10.4 Å². The minimum atomic E-state index is -1.02. The van der Waals surface area contributed by atoms with E-state index in [0.717, 1.165) is 24.8 Å². The van der Waals surface area contributed by atoms with Crippen LogP contribution in [0.4, 0.5) is 4.39 Å². The molecule has 3 rings (SSSR count). The van der Waals surface area contributed by atoms with Crippen molar-refractivity contribution in [2.45, 2.75) is 37.6 Å². The Hall–Kier alpha value is -2.69. The van der Waals surface area contributed by atoms with Crippen LogP contribution in [-0.4, -0.2) is 17.0 Å². The van der Waals surface area contributed by atoms with E-state index in [1.165, 1.54) is 29.8 Å². The smallest absolute Gasteiger partial charge is 0.305 e. The number of hydrogen-bond donors (Lipinski definition) is 2. The van der Waals surface area contributed by atoms with Crippen LogP contribution in [0.15, 0.2) is 48.5 Å². The summed E-state index contributed by atoms with van der Waals surface area (Å²) in [5, 5.41) is 12.0. The van der Waals surface area contributed by atoms with Gasteiger partial charge in [0, 0.05) is 0 Å². The number of carbonyl (C=O) groups excluding carboxylic acids is 1. The fraction of sp³-hybridized carbons (Fsp3) is 0.300. The molecular weight excluding hydrogens is 321 g/mol. The van der Waals surface area contributed by atoms with Gasteiger partial charge in [0.05, 0.1) is 18.4 Å². The van der Waals surface area contributed by atoms with Crippen molar-refractivity contribution in [1.29, 1.82) is 0 Å². The Kier molecular flexibility index (Phi) is 5.12. The predicted octanol–water partition coefficient (Wildman–Crippen LogP) is 3.58. The summed E-state index contributed by atoms with van der Waals surface area (Å²) in [5.74, 6) is -1.87. The maximum Gasteiger partial charge on any atom is 0.305 e. The Morgan fingerprint density at radius 1 is 1.16 bits per heavy atom. The van der Waals surface area contributed by atoms with Crippen molar-refractivity contribution in [3.05, 3.63) is 71.0 Å². The molecule has 1 amide bonds. The van der Waals surface area contributed by atoms with Gasteiger partial charge in [0.15, 0.2) is 0 Å². The summed E-state index contributed by atoms with van der Waals surface area (Å²) in [6.07, 6.45) is 2.38. The van der Waals surface area contributed by atoms with Crippen LogP contribution in [0.25, 0.3) is 0 Å². The maximum absolute atomic E-state index is 13.1. The third kappa shape index (κ3) is 4.05. The SMILES string of the molecule is O=C(O)CC(NC(=O)C1CCCc2ccccc21)c1ccc(F)cc1. The minimum absolute atomic E-state index is 0.178. The van der Waals surface area contributed by atoms with Gasteiger partial charge in [0.1, 0.15) is 5.82 Å². The number of carboxylic acid groups (broad SMARTS) is 1. The van der Waals surface area contributed by atoms with E-state index in [-0.39, 0.29) is 18.2 Å². The fourth-order valence-corrected chi connectivity index (χ4v) is 3.42. The van der Waals surface area contributed by atoms with E-state index >= 15 is 0 Å². The van der Waals surface area contributed by atoms with Crippen LogP contribution in [0.5, 0.6) is 0 Å². The summed E-state index contributed by atoms with van der Waals surface area (Å²) in [4.78, 5) is 24.0. The van der Waals surface area contributed by atoms with Crippen LogP contribution < -0.4 is 5.32 Å². The molecule has 0 aromatic heterocycles. The number of fused-ring (bicyclic) bond motifs is 1. The van der Waals surface area contributed by atoms with Crippen molar-refractivity contribution >= 4 is 11.9 Å². The molecule has 0 spiro atoms. The number of nitrogens with one attached hydrogen (secondary N) is 1. The van der Waals surface area contributed by atoms with Gasteiger partial charge >= 0.3 is 5.97 Å². The van der Waals surface area contributed by atoms with E-state index in [1.54, 1.807) is 0 Å². The number of carbonyl (C=O) groups is 2. The van der Waals surface area contributed by atoms with Gasteiger partial charge in [0.2, 0.25) is 5.91 Å². The highest BCUT2D eigenvalue weighted by molar-refractivity contribution is 5.85. The number of rotatable bonds is 5. The fourth-order valence-electron chi connectivity index (χ4n) is 3.42. The molecule has 0 saturated heterocycles. The number of aliphatic carboxylic acids is 1. The van der Waals surface area contributed by atoms with E-state index in [9.17, 15) is 14.0 Å². The maximum atomic E-state index is 13.1. The summed E-state index contributed by atoms with van der Waals surface area (Å²) in [5.41, 5.74) is 2.77. The molecule has 2 aromatic rings. The lowest BCUT2D eigenvalue weighted by molar-refractivity contribution is -0.137. The highest BCUT2D eigenvalue weighted by atomic mass is 19.1. The van der Waals surface area contributed by atoms with Crippen LogP contribution in [-0.2, 0) is 16.0 Å². The van der Waals surface area contributed by atoms with E-state index in [1.807, 2.05) is 24.3 Å². The summed E-state index contributed by atoms with van der Waals surface area (Å²) in [7, 11) is 0. The molecule has 130 valence electrons. The first kappa shape index (κ1) is 17.1. The molecule has 2 unspecified atom stereocenters. The van der Waals surface area contributed by atoms with Crippen molar-refractivity contribution < 1.29 is 19.1 Å². The molecule has 25 heavy (non-hydrogen) atoms. The number of halogens is 1. The van der Waals surface area contributed by atoms with Gasteiger partial charge in [-0.05, 0) is 48.1 Å². The average molecular weight is 341 g/mol. The lowest BCUT2D eigenvalue weighted by atomic mass is 9.82. The van der Waals surface area contributed by atoms with Crippen molar-refractivity contribution in [3.8, 4) is 0 Å². The molecule has 0 bridgehead atoms. The van der Waals surface area contributed by atoms with Gasteiger partial charge in [-0.3, -0.25) is 9.59 Å². The number of carboxylic acids is 1. The molecule has 0 heterocycles. The van der Waals surface area contributed by atoms with Crippen LogP contribution in [0.2, 0.25) is 0 Å². The molecule has 2 aromatic carbocycles. The van der Waals surface area contributed by atoms with E-state index < -0.39 is 17.8 Å². The quantitative estimate of drug-likeness (QED) is 0.873. The molecule has 1 aliphatic carbocycles. The van der Waals surface area contributed by atoms with Gasteiger partial charge in [-0.1, -0.05) is 36.4 Å². The van der Waals surface area contributed by atoms with Gasteiger partial charge in [-0.2, -0.15) is 0 Å². The zero-order chi connectivity index (χ0) is 17.8. The molecule has 2 N–H and O–H groups in total. The average Bonchev–Trinajstić information content (AvgIpc) is 2.61. The summed E-state index contributed by atoms with van der Waals surface area (Å²) in [6.45, 7) is 0. The number of hydrogen-bond acceptors (Lipinski definition) is 2. The molecule has 0 aliphatic heterocycles. The second-order valence-corrected chi connectivity index (χ2v) is 6.35. The molecule has 0 fully saturated rings. The first-order valence-corrected chi connectivity index (χ1v) is 8.40. The number of amides is 1. The third-order valence-electron chi connectivity index (χ3n) is 4.65. The molecule has 2 atom stereocenters. The van der Waals surface area contributed by atoms with E-state index in [2.05, 4.69) is 5.32 Å². The Bertz CT molecular complexity index is 773. The largest absolute Gasteiger partial charge is 0.481 e. The third-order valence-corrected chi connectivity index (χ3v) is 4.65. The van der Waals surface area contributed by atoms with Crippen LogP contribution >= 0.6 is 0 Å². The van der Waals surface area contributed by atoms with Crippen molar-refractivity contribution in [2.75, 3.05) is 0 Å². The molecule has 5 heteroatoms. The predicted molar refractivity (Wildman–Crippen MR) is 91.7 cm³/mol. The summed E-state index contributed by atoms with van der Waals surface area (Å²) in [6, 6.07) is 12.8. The van der Waals surface area contributed by atoms with Gasteiger partial charge in [-0.15, -0.1) is 0 Å². The lowest BCUT2D eigenvalue weighted by Gasteiger charge is -2.27. The van der Waals surface area contributed by atoms with E-state index in [0.29, 0.717) is 5.56 Å². The van der Waals surface area contributed by atoms with Crippen LogP contribution in [0.1, 0.15) is 47.9 Å². The number of benzene rings is 2. The van der Waals surface area contributed by atoms with Crippen molar-refractivity contribution in [1.82, 2.24) is 5.32 Å². The second kappa shape index (κ2) is 7.47. The topological polar surface area (TPSA) is 66.4 Å². The Balaban J connectivity index is 1.81. The van der Waals surface area contributed by atoms with Gasteiger partial charge in [-0.25, -0.2) is 4.39 Å². The highest BCUT2D eigenvalue weighted by Crippen LogP contribution is 2.32. The first-order chi connectivity index (χ1) is 12.0. The monoisotopic (exact) mass is 341 g/mol. The van der Waals surface area contributed by atoms with Gasteiger partial charge in [0.25, 0.3) is 0 Å².